The highest BCUT2D eigenvalue weighted by Gasteiger charge is 2.20. The van der Waals surface area contributed by atoms with Gasteiger partial charge in [0, 0.05) is 15.4 Å². The number of carbonyl (C=O) groups excluding carboxylic acids is 1. The quantitative estimate of drug-likeness (QED) is 0.462. The summed E-state index contributed by atoms with van der Waals surface area (Å²) in [5.74, 6) is -0.0868. The van der Waals surface area contributed by atoms with E-state index < -0.39 is 0 Å². The average Bonchev–Trinajstić information content (AvgIpc) is 2.61. The van der Waals surface area contributed by atoms with Crippen LogP contribution in [0.2, 0.25) is 10.0 Å². The number of benzene rings is 2. The van der Waals surface area contributed by atoms with Crippen molar-refractivity contribution < 1.29 is 4.79 Å². The van der Waals surface area contributed by atoms with Crippen LogP contribution in [0.15, 0.2) is 53.8 Å². The molecular formula is C19H17Cl2N3OS. The fourth-order valence-corrected chi connectivity index (χ4v) is 4.05. The number of fused-ring (bicyclic) bond motifs is 1. The fourth-order valence-electron chi connectivity index (χ4n) is 2.56. The normalized spacial score (nSPS) is 13.4. The van der Waals surface area contributed by atoms with Gasteiger partial charge in [0.25, 0.3) is 0 Å². The van der Waals surface area contributed by atoms with Gasteiger partial charge in [-0.2, -0.15) is 0 Å². The van der Waals surface area contributed by atoms with Crippen LogP contribution in [0.5, 0.6) is 0 Å². The molecule has 3 aromatic rings. The lowest BCUT2D eigenvalue weighted by atomic mass is 10.1. The molecule has 2 atom stereocenters. The lowest BCUT2D eigenvalue weighted by Gasteiger charge is -2.19. The van der Waals surface area contributed by atoms with E-state index in [0.29, 0.717) is 10.0 Å². The molecule has 0 saturated heterocycles. The number of aromatic nitrogens is 2. The average molecular weight is 406 g/mol. The molecule has 0 spiro atoms. The molecule has 4 nitrogen and oxygen atoms in total. The maximum atomic E-state index is 12.6. The van der Waals surface area contributed by atoms with Gasteiger partial charge in [0.2, 0.25) is 5.91 Å². The summed E-state index contributed by atoms with van der Waals surface area (Å²) in [6.45, 7) is 3.75. The summed E-state index contributed by atoms with van der Waals surface area (Å²) in [5.41, 5.74) is 1.69. The predicted molar refractivity (Wildman–Crippen MR) is 108 cm³/mol. The fraction of sp³-hybridized carbons (Fsp3) is 0.211. The summed E-state index contributed by atoms with van der Waals surface area (Å²) >= 11 is 13.6. The molecule has 0 aliphatic carbocycles. The van der Waals surface area contributed by atoms with Gasteiger partial charge in [-0.05, 0) is 37.6 Å². The standard InChI is InChI=1S/C19H17Cl2N3OS/c1-11(14-8-7-13(20)9-16(14)21)24-18(25)12(2)26-19-15-5-3-4-6-17(15)22-10-23-19/h3-12H,1-2H3,(H,24,25)/t11-,12+/m0/s1. The third-order valence-corrected chi connectivity index (χ3v) is 5.63. The van der Waals surface area contributed by atoms with E-state index in [4.69, 9.17) is 23.2 Å². The molecule has 0 fully saturated rings. The van der Waals surface area contributed by atoms with Crippen molar-refractivity contribution in [2.24, 2.45) is 0 Å². The molecule has 0 aliphatic heterocycles. The maximum Gasteiger partial charge on any atom is 0.233 e. The zero-order chi connectivity index (χ0) is 18.7. The zero-order valence-corrected chi connectivity index (χ0v) is 16.6. The molecule has 0 aliphatic rings. The minimum Gasteiger partial charge on any atom is -0.349 e. The van der Waals surface area contributed by atoms with Crippen LogP contribution in [0, 0.1) is 0 Å². The Kier molecular flexibility index (Phi) is 6.01. The second-order valence-corrected chi connectivity index (χ2v) is 8.03. The van der Waals surface area contributed by atoms with Gasteiger partial charge < -0.3 is 5.32 Å². The maximum absolute atomic E-state index is 12.6. The van der Waals surface area contributed by atoms with Crippen molar-refractivity contribution in [1.29, 1.82) is 0 Å². The summed E-state index contributed by atoms with van der Waals surface area (Å²) in [5, 5.41) is 5.50. The van der Waals surface area contributed by atoms with Gasteiger partial charge in [-0.1, -0.05) is 59.2 Å². The van der Waals surface area contributed by atoms with Gasteiger partial charge in [-0.15, -0.1) is 0 Å². The van der Waals surface area contributed by atoms with Gasteiger partial charge in [0.05, 0.1) is 16.8 Å². The Balaban J connectivity index is 1.71. The van der Waals surface area contributed by atoms with Gasteiger partial charge in [-0.25, -0.2) is 9.97 Å². The predicted octanol–water partition coefficient (Wildman–Crippen LogP) is 5.29. The topological polar surface area (TPSA) is 54.9 Å². The zero-order valence-electron chi connectivity index (χ0n) is 14.2. The minimum absolute atomic E-state index is 0.0868. The van der Waals surface area contributed by atoms with Crippen LogP contribution in [-0.4, -0.2) is 21.1 Å². The first kappa shape index (κ1) is 19.0. The number of amides is 1. The number of hydrogen-bond acceptors (Lipinski definition) is 4. The van der Waals surface area contributed by atoms with Crippen LogP contribution in [0.25, 0.3) is 10.9 Å². The molecule has 0 saturated carbocycles. The van der Waals surface area contributed by atoms with Gasteiger partial charge >= 0.3 is 0 Å². The second-order valence-electron chi connectivity index (χ2n) is 5.85. The van der Waals surface area contributed by atoms with Crippen LogP contribution in [0.3, 0.4) is 0 Å². The lowest BCUT2D eigenvalue weighted by Crippen LogP contribution is -2.33. The number of thioether (sulfide) groups is 1. The van der Waals surface area contributed by atoms with Crippen molar-refractivity contribution in [3.63, 3.8) is 0 Å². The highest BCUT2D eigenvalue weighted by atomic mass is 35.5. The van der Waals surface area contributed by atoms with Crippen molar-refractivity contribution in [1.82, 2.24) is 15.3 Å². The Morgan fingerprint density at radius 1 is 1.12 bits per heavy atom. The molecule has 0 bridgehead atoms. The molecule has 134 valence electrons. The second kappa shape index (κ2) is 8.25. The summed E-state index contributed by atoms with van der Waals surface area (Å²) < 4.78 is 0. The van der Waals surface area contributed by atoms with E-state index in [1.165, 1.54) is 18.1 Å². The smallest absolute Gasteiger partial charge is 0.233 e. The lowest BCUT2D eigenvalue weighted by molar-refractivity contribution is -0.120. The summed E-state index contributed by atoms with van der Waals surface area (Å²) in [6, 6.07) is 12.8. The first-order chi connectivity index (χ1) is 12.5. The first-order valence-electron chi connectivity index (χ1n) is 8.07. The summed E-state index contributed by atoms with van der Waals surface area (Å²) in [6.07, 6.45) is 1.52. The number of nitrogens with one attached hydrogen (secondary N) is 1. The third-order valence-electron chi connectivity index (χ3n) is 3.95. The number of hydrogen-bond donors (Lipinski definition) is 1. The van der Waals surface area contributed by atoms with Crippen molar-refractivity contribution in [2.75, 3.05) is 0 Å². The molecule has 1 heterocycles. The molecule has 3 rings (SSSR count). The Labute approximate surface area is 166 Å². The molecule has 7 heteroatoms. The van der Waals surface area contributed by atoms with Gasteiger partial charge in [0.15, 0.2) is 0 Å². The Morgan fingerprint density at radius 2 is 1.88 bits per heavy atom. The van der Waals surface area contributed by atoms with Gasteiger partial charge in [0.1, 0.15) is 11.4 Å². The Bertz CT molecular complexity index is 946. The van der Waals surface area contributed by atoms with Crippen LogP contribution < -0.4 is 5.32 Å². The molecule has 1 aromatic heterocycles. The summed E-state index contributed by atoms with van der Waals surface area (Å²) in [4.78, 5) is 21.2. The number of para-hydroxylation sites is 1. The molecule has 26 heavy (non-hydrogen) atoms. The van der Waals surface area contributed by atoms with E-state index in [2.05, 4.69) is 15.3 Å². The van der Waals surface area contributed by atoms with Crippen LogP contribution in [-0.2, 0) is 4.79 Å². The van der Waals surface area contributed by atoms with Crippen molar-refractivity contribution in [3.8, 4) is 0 Å². The number of halogens is 2. The highest BCUT2D eigenvalue weighted by molar-refractivity contribution is 8.00. The third kappa shape index (κ3) is 4.29. The van der Waals surface area contributed by atoms with E-state index in [-0.39, 0.29) is 17.2 Å². The number of nitrogens with zero attached hydrogens (tertiary/aromatic N) is 2. The minimum atomic E-state index is -0.318. The van der Waals surface area contributed by atoms with Crippen molar-refractivity contribution in [2.45, 2.75) is 30.2 Å². The van der Waals surface area contributed by atoms with Crippen LogP contribution in [0.4, 0.5) is 0 Å². The number of rotatable bonds is 5. The Hall–Kier alpha value is -1.82. The molecular weight excluding hydrogens is 389 g/mol. The molecule has 0 unspecified atom stereocenters. The molecule has 2 aromatic carbocycles. The van der Waals surface area contributed by atoms with Gasteiger partial charge in [-0.3, -0.25) is 4.79 Å². The summed E-state index contributed by atoms with van der Waals surface area (Å²) in [7, 11) is 0. The van der Waals surface area contributed by atoms with Crippen LogP contribution in [0.1, 0.15) is 25.5 Å². The SMILES string of the molecule is C[C@H](NC(=O)[C@@H](C)Sc1ncnc2ccccc12)c1ccc(Cl)cc1Cl. The molecule has 1 amide bonds. The monoisotopic (exact) mass is 405 g/mol. The molecule has 0 radical (unpaired) electrons. The van der Waals surface area contributed by atoms with E-state index >= 15 is 0 Å². The number of carbonyl (C=O) groups is 1. The first-order valence-corrected chi connectivity index (χ1v) is 9.71. The molecule has 1 N–H and O–H groups in total. The van der Waals surface area contributed by atoms with Crippen molar-refractivity contribution in [3.05, 3.63) is 64.4 Å². The van der Waals surface area contributed by atoms with Crippen molar-refractivity contribution >= 4 is 51.8 Å². The highest BCUT2D eigenvalue weighted by Crippen LogP contribution is 2.29. The van der Waals surface area contributed by atoms with E-state index in [1.54, 1.807) is 12.1 Å². The Morgan fingerprint density at radius 3 is 2.65 bits per heavy atom. The van der Waals surface area contributed by atoms with E-state index in [0.717, 1.165) is 21.5 Å². The van der Waals surface area contributed by atoms with E-state index in [9.17, 15) is 4.79 Å². The largest absolute Gasteiger partial charge is 0.349 e. The van der Waals surface area contributed by atoms with E-state index in [1.807, 2.05) is 44.2 Å². The van der Waals surface area contributed by atoms with Crippen LogP contribution >= 0.6 is 35.0 Å².